The molecule has 2 heterocycles. The fourth-order valence-corrected chi connectivity index (χ4v) is 2.83. The molecular formula is C9H8BrNOS. The van der Waals surface area contributed by atoms with Gasteiger partial charge in [0.25, 0.3) is 0 Å². The van der Waals surface area contributed by atoms with Gasteiger partial charge in [-0.05, 0) is 34.3 Å². The Bertz CT molecular complexity index is 452. The predicted molar refractivity (Wildman–Crippen MR) is 58.6 cm³/mol. The van der Waals surface area contributed by atoms with Gasteiger partial charge in [0.15, 0.2) is 0 Å². The van der Waals surface area contributed by atoms with Crippen molar-refractivity contribution in [3.8, 4) is 5.88 Å². The molecule has 0 bridgehead atoms. The first kappa shape index (κ1) is 8.97. The number of pyridine rings is 1. The minimum absolute atomic E-state index is 0.656. The minimum Gasteiger partial charge on any atom is -0.480 e. The summed E-state index contributed by atoms with van der Waals surface area (Å²) in [5, 5.41) is 3.23. The fraction of sp³-hybridized carbons (Fsp3) is 0.222. The van der Waals surface area contributed by atoms with Gasteiger partial charge in [-0.2, -0.15) is 0 Å². The largest absolute Gasteiger partial charge is 0.480 e. The average molecular weight is 258 g/mol. The molecule has 0 radical (unpaired) electrons. The molecule has 68 valence electrons. The molecule has 0 unspecified atom stereocenters. The number of rotatable bonds is 1. The van der Waals surface area contributed by atoms with Crippen molar-refractivity contribution in [1.29, 1.82) is 0 Å². The van der Waals surface area contributed by atoms with E-state index >= 15 is 0 Å². The highest BCUT2D eigenvalue weighted by atomic mass is 79.9. The Kier molecular flexibility index (Phi) is 2.26. The van der Waals surface area contributed by atoms with E-state index in [1.54, 1.807) is 18.4 Å². The number of aryl methyl sites for hydroxylation is 1. The van der Waals surface area contributed by atoms with Crippen LogP contribution in [0, 0.1) is 6.92 Å². The molecule has 0 atom stereocenters. The number of fused-ring (bicyclic) bond motifs is 1. The lowest BCUT2D eigenvalue weighted by atomic mass is 10.3. The molecule has 2 aromatic rings. The number of halogens is 1. The summed E-state index contributed by atoms with van der Waals surface area (Å²) in [6.07, 6.45) is 0. The lowest BCUT2D eigenvalue weighted by Gasteiger charge is -2.04. The van der Waals surface area contributed by atoms with Crippen LogP contribution in [0.15, 0.2) is 15.9 Å². The van der Waals surface area contributed by atoms with Gasteiger partial charge in [0.2, 0.25) is 5.88 Å². The monoisotopic (exact) mass is 257 g/mol. The second-order valence-corrected chi connectivity index (χ2v) is 4.39. The van der Waals surface area contributed by atoms with Gasteiger partial charge in [0, 0.05) is 5.39 Å². The van der Waals surface area contributed by atoms with E-state index in [1.165, 1.54) is 10.1 Å². The van der Waals surface area contributed by atoms with E-state index in [2.05, 4.69) is 32.4 Å². The van der Waals surface area contributed by atoms with Gasteiger partial charge < -0.3 is 4.74 Å². The maximum absolute atomic E-state index is 5.15. The van der Waals surface area contributed by atoms with Gasteiger partial charge in [-0.15, -0.1) is 11.3 Å². The number of aromatic nitrogens is 1. The number of thiophene rings is 1. The highest BCUT2D eigenvalue weighted by molar-refractivity contribution is 9.10. The van der Waals surface area contributed by atoms with Crippen LogP contribution in [-0.2, 0) is 0 Å². The summed E-state index contributed by atoms with van der Waals surface area (Å²) in [6.45, 7) is 1.99. The van der Waals surface area contributed by atoms with Crippen molar-refractivity contribution in [2.45, 2.75) is 6.92 Å². The molecule has 13 heavy (non-hydrogen) atoms. The van der Waals surface area contributed by atoms with Crippen LogP contribution in [0.2, 0.25) is 0 Å². The second-order valence-electron chi connectivity index (χ2n) is 2.68. The first-order valence-electron chi connectivity index (χ1n) is 3.81. The average Bonchev–Trinajstić information content (AvgIpc) is 2.60. The smallest absolute Gasteiger partial charge is 0.228 e. The quantitative estimate of drug-likeness (QED) is 0.782. The van der Waals surface area contributed by atoms with Crippen molar-refractivity contribution < 1.29 is 4.74 Å². The third-order valence-corrected chi connectivity index (χ3v) is 3.67. The third kappa shape index (κ3) is 1.34. The van der Waals surface area contributed by atoms with E-state index in [9.17, 15) is 0 Å². The standard InChI is InChI=1S/C9H8BrNOS/c1-5-8-6(3-4-13-8)7(10)9(11-5)12-2/h3-4H,1-2H3. The summed E-state index contributed by atoms with van der Waals surface area (Å²) < 4.78 is 7.31. The number of ether oxygens (including phenoxy) is 1. The van der Waals surface area contributed by atoms with Crippen molar-refractivity contribution >= 4 is 37.4 Å². The molecule has 0 aliphatic carbocycles. The molecule has 0 saturated heterocycles. The van der Waals surface area contributed by atoms with Crippen molar-refractivity contribution in [3.05, 3.63) is 21.6 Å². The molecule has 0 aliphatic rings. The maximum Gasteiger partial charge on any atom is 0.228 e. The molecule has 0 spiro atoms. The molecule has 0 amide bonds. The van der Waals surface area contributed by atoms with Crippen molar-refractivity contribution in [2.75, 3.05) is 7.11 Å². The van der Waals surface area contributed by atoms with Gasteiger partial charge in [-0.3, -0.25) is 0 Å². The first-order chi connectivity index (χ1) is 6.24. The maximum atomic E-state index is 5.15. The number of hydrogen-bond donors (Lipinski definition) is 0. The van der Waals surface area contributed by atoms with Crippen LogP contribution >= 0.6 is 27.3 Å². The summed E-state index contributed by atoms with van der Waals surface area (Å²) in [4.78, 5) is 4.33. The second kappa shape index (κ2) is 3.27. The first-order valence-corrected chi connectivity index (χ1v) is 5.48. The SMILES string of the molecule is COc1nc(C)c2sccc2c1Br. The summed E-state index contributed by atoms with van der Waals surface area (Å²) >= 11 is 5.17. The number of hydrogen-bond acceptors (Lipinski definition) is 3. The molecule has 2 aromatic heterocycles. The molecule has 0 aromatic carbocycles. The summed E-state index contributed by atoms with van der Waals surface area (Å²) in [6, 6.07) is 2.07. The Balaban J connectivity index is 2.85. The molecule has 0 N–H and O–H groups in total. The van der Waals surface area contributed by atoms with Crippen LogP contribution in [0.1, 0.15) is 5.69 Å². The van der Waals surface area contributed by atoms with Crippen LogP contribution in [-0.4, -0.2) is 12.1 Å². The van der Waals surface area contributed by atoms with E-state index in [0.717, 1.165) is 10.2 Å². The van der Waals surface area contributed by atoms with Gasteiger partial charge in [0.1, 0.15) is 0 Å². The Hall–Kier alpha value is -0.610. The molecule has 2 nitrogen and oxygen atoms in total. The lowest BCUT2D eigenvalue weighted by molar-refractivity contribution is 0.395. The number of methoxy groups -OCH3 is 1. The molecule has 0 aliphatic heterocycles. The highest BCUT2D eigenvalue weighted by Crippen LogP contribution is 2.35. The van der Waals surface area contributed by atoms with Crippen LogP contribution < -0.4 is 4.74 Å². The van der Waals surface area contributed by atoms with Crippen LogP contribution in [0.3, 0.4) is 0 Å². The van der Waals surface area contributed by atoms with Crippen LogP contribution in [0.4, 0.5) is 0 Å². The normalized spacial score (nSPS) is 10.7. The van der Waals surface area contributed by atoms with Crippen molar-refractivity contribution in [3.63, 3.8) is 0 Å². The van der Waals surface area contributed by atoms with E-state index < -0.39 is 0 Å². The zero-order valence-corrected chi connectivity index (χ0v) is 9.70. The van der Waals surface area contributed by atoms with Gasteiger partial charge >= 0.3 is 0 Å². The topological polar surface area (TPSA) is 22.1 Å². The van der Waals surface area contributed by atoms with E-state index in [4.69, 9.17) is 4.74 Å². The van der Waals surface area contributed by atoms with Gasteiger partial charge in [0.05, 0.1) is 22.0 Å². The Morgan fingerprint density at radius 2 is 2.31 bits per heavy atom. The van der Waals surface area contributed by atoms with Crippen molar-refractivity contribution in [1.82, 2.24) is 4.98 Å². The molecule has 0 saturated carbocycles. The number of nitrogens with zero attached hydrogens (tertiary/aromatic N) is 1. The van der Waals surface area contributed by atoms with E-state index in [-0.39, 0.29) is 0 Å². The zero-order chi connectivity index (χ0) is 9.42. The van der Waals surface area contributed by atoms with E-state index in [1.807, 2.05) is 6.92 Å². The van der Waals surface area contributed by atoms with Crippen molar-refractivity contribution in [2.24, 2.45) is 0 Å². The van der Waals surface area contributed by atoms with E-state index in [0.29, 0.717) is 5.88 Å². The fourth-order valence-electron chi connectivity index (χ4n) is 1.26. The van der Waals surface area contributed by atoms with Crippen LogP contribution in [0.25, 0.3) is 10.1 Å². The minimum atomic E-state index is 0.656. The predicted octanol–water partition coefficient (Wildman–Crippen LogP) is 3.38. The lowest BCUT2D eigenvalue weighted by Crippen LogP contribution is -1.91. The Labute approximate surface area is 88.7 Å². The molecule has 4 heteroatoms. The molecule has 0 fully saturated rings. The highest BCUT2D eigenvalue weighted by Gasteiger charge is 2.10. The van der Waals surface area contributed by atoms with Gasteiger partial charge in [-0.25, -0.2) is 4.98 Å². The Morgan fingerprint density at radius 3 is 3.00 bits per heavy atom. The Morgan fingerprint density at radius 1 is 1.54 bits per heavy atom. The molecular weight excluding hydrogens is 250 g/mol. The zero-order valence-electron chi connectivity index (χ0n) is 7.30. The van der Waals surface area contributed by atoms with Gasteiger partial charge in [-0.1, -0.05) is 0 Å². The summed E-state index contributed by atoms with van der Waals surface area (Å²) in [7, 11) is 1.63. The summed E-state index contributed by atoms with van der Waals surface area (Å²) in [5.41, 5.74) is 1.02. The van der Waals surface area contributed by atoms with Crippen LogP contribution in [0.5, 0.6) is 5.88 Å². The summed E-state index contributed by atoms with van der Waals surface area (Å²) in [5.74, 6) is 0.656. The molecule has 2 rings (SSSR count). The third-order valence-electron chi connectivity index (χ3n) is 1.88.